The summed E-state index contributed by atoms with van der Waals surface area (Å²) in [6.45, 7) is 2.19. The molecular formula is C23H24ClN3S. The van der Waals surface area contributed by atoms with Gasteiger partial charge in [-0.15, -0.1) is 0 Å². The van der Waals surface area contributed by atoms with E-state index in [1.807, 2.05) is 6.07 Å². The molecule has 0 radical (unpaired) electrons. The summed E-state index contributed by atoms with van der Waals surface area (Å²) in [4.78, 5) is 12.4. The smallest absolute Gasteiger partial charge is 0.147 e. The highest BCUT2D eigenvalue weighted by Crippen LogP contribution is 2.49. The second kappa shape index (κ2) is 7.58. The Labute approximate surface area is 175 Å². The van der Waals surface area contributed by atoms with E-state index in [4.69, 9.17) is 16.6 Å². The third kappa shape index (κ3) is 3.38. The van der Waals surface area contributed by atoms with Crippen molar-refractivity contribution in [2.24, 2.45) is 0 Å². The molecule has 144 valence electrons. The zero-order valence-electron chi connectivity index (χ0n) is 16.1. The fourth-order valence-corrected chi connectivity index (χ4v) is 5.77. The van der Waals surface area contributed by atoms with E-state index in [1.54, 1.807) is 11.8 Å². The first-order valence-corrected chi connectivity index (χ1v) is 11.2. The SMILES string of the molecule is CN1CCCCC1CCN1c2ccc(Cl)cc2Sc2cc3ccccc3nc21. The molecule has 1 unspecified atom stereocenters. The van der Waals surface area contributed by atoms with Gasteiger partial charge in [-0.1, -0.05) is 48.0 Å². The first kappa shape index (κ1) is 18.3. The lowest BCUT2D eigenvalue weighted by Crippen LogP contribution is -2.38. The molecule has 3 nitrogen and oxygen atoms in total. The van der Waals surface area contributed by atoms with Crippen molar-refractivity contribution in [1.82, 2.24) is 9.88 Å². The molecule has 1 atom stereocenters. The van der Waals surface area contributed by atoms with Crippen molar-refractivity contribution in [1.29, 1.82) is 0 Å². The Morgan fingerprint density at radius 2 is 2.00 bits per heavy atom. The predicted molar refractivity (Wildman–Crippen MR) is 119 cm³/mol. The number of pyridine rings is 1. The second-order valence-corrected chi connectivity index (χ2v) is 9.31. The summed E-state index contributed by atoms with van der Waals surface area (Å²) < 4.78 is 0. The highest BCUT2D eigenvalue weighted by atomic mass is 35.5. The molecule has 3 heterocycles. The number of aromatic nitrogens is 1. The summed E-state index contributed by atoms with van der Waals surface area (Å²) in [6, 6.07) is 17.5. The maximum atomic E-state index is 6.31. The van der Waals surface area contributed by atoms with Crippen LogP contribution < -0.4 is 4.90 Å². The number of nitrogens with zero attached hydrogens (tertiary/aromatic N) is 3. The molecule has 5 rings (SSSR count). The number of anilines is 2. The molecule has 0 N–H and O–H groups in total. The maximum Gasteiger partial charge on any atom is 0.147 e. The monoisotopic (exact) mass is 409 g/mol. The summed E-state index contributed by atoms with van der Waals surface area (Å²) in [7, 11) is 2.27. The molecular weight excluding hydrogens is 386 g/mol. The van der Waals surface area contributed by atoms with Crippen molar-refractivity contribution in [3.63, 3.8) is 0 Å². The third-order valence-corrected chi connectivity index (χ3v) is 7.27. The van der Waals surface area contributed by atoms with Crippen molar-refractivity contribution in [2.75, 3.05) is 25.0 Å². The minimum atomic E-state index is 0.656. The molecule has 1 saturated heterocycles. The van der Waals surface area contributed by atoms with Gasteiger partial charge in [0.25, 0.3) is 0 Å². The number of hydrogen-bond donors (Lipinski definition) is 0. The van der Waals surface area contributed by atoms with Gasteiger partial charge in [-0.3, -0.25) is 0 Å². The van der Waals surface area contributed by atoms with E-state index in [0.717, 1.165) is 29.3 Å². The molecule has 0 aliphatic carbocycles. The fraction of sp³-hybridized carbons (Fsp3) is 0.348. The van der Waals surface area contributed by atoms with Crippen molar-refractivity contribution in [2.45, 2.75) is 41.5 Å². The quantitative estimate of drug-likeness (QED) is 0.500. The Bertz CT molecular complexity index is 1020. The fourth-order valence-electron chi connectivity index (χ4n) is 4.39. The lowest BCUT2D eigenvalue weighted by atomic mass is 10.00. The van der Waals surface area contributed by atoms with Crippen LogP contribution in [0.1, 0.15) is 25.7 Å². The molecule has 1 fully saturated rings. The minimum absolute atomic E-state index is 0.656. The minimum Gasteiger partial charge on any atom is -0.324 e. The van der Waals surface area contributed by atoms with Gasteiger partial charge in [0.05, 0.1) is 16.1 Å². The number of fused-ring (bicyclic) bond motifs is 3. The van der Waals surface area contributed by atoms with E-state index in [-0.39, 0.29) is 0 Å². The van der Waals surface area contributed by atoms with Crippen LogP contribution in [0.3, 0.4) is 0 Å². The van der Waals surface area contributed by atoms with Gasteiger partial charge in [0.2, 0.25) is 0 Å². The Morgan fingerprint density at radius 3 is 2.89 bits per heavy atom. The van der Waals surface area contributed by atoms with Crippen LogP contribution in [0.2, 0.25) is 5.02 Å². The average Bonchev–Trinajstić information content (AvgIpc) is 2.70. The summed E-state index contributed by atoms with van der Waals surface area (Å²) in [6.07, 6.45) is 5.11. The van der Waals surface area contributed by atoms with Crippen LogP contribution in [-0.2, 0) is 0 Å². The van der Waals surface area contributed by atoms with Crippen LogP contribution in [0, 0.1) is 0 Å². The Kier molecular flexibility index (Phi) is 4.95. The van der Waals surface area contributed by atoms with E-state index in [0.29, 0.717) is 6.04 Å². The van der Waals surface area contributed by atoms with Crippen molar-refractivity contribution >= 4 is 45.8 Å². The van der Waals surface area contributed by atoms with Crippen LogP contribution >= 0.6 is 23.4 Å². The lowest BCUT2D eigenvalue weighted by Gasteiger charge is -2.36. The van der Waals surface area contributed by atoms with Crippen molar-refractivity contribution in [3.05, 3.63) is 53.6 Å². The van der Waals surface area contributed by atoms with E-state index < -0.39 is 0 Å². The van der Waals surface area contributed by atoms with Gasteiger partial charge < -0.3 is 9.80 Å². The van der Waals surface area contributed by atoms with Crippen LogP contribution in [-0.4, -0.2) is 36.1 Å². The standard InChI is InChI=1S/C23H24ClN3S/c1-26-12-5-4-7-18(26)11-13-27-20-10-9-17(24)15-21(20)28-22-14-16-6-2-3-8-19(16)25-23(22)27/h2-3,6,8-10,14-15,18H,4-5,7,11-13H2,1H3. The molecule has 2 aliphatic heterocycles. The first-order valence-electron chi connectivity index (χ1n) is 10.0. The normalized spacial score (nSPS) is 19.5. The second-order valence-electron chi connectivity index (χ2n) is 7.79. The number of piperidine rings is 1. The molecule has 28 heavy (non-hydrogen) atoms. The van der Waals surface area contributed by atoms with E-state index in [2.05, 4.69) is 59.3 Å². The Hall–Kier alpha value is -1.75. The number of benzene rings is 2. The van der Waals surface area contributed by atoms with Gasteiger partial charge in [0.1, 0.15) is 5.82 Å². The summed E-state index contributed by atoms with van der Waals surface area (Å²) >= 11 is 8.09. The molecule has 5 heteroatoms. The van der Waals surface area contributed by atoms with Crippen LogP contribution in [0.15, 0.2) is 58.3 Å². The largest absolute Gasteiger partial charge is 0.324 e. The molecule has 0 saturated carbocycles. The van der Waals surface area contributed by atoms with E-state index >= 15 is 0 Å². The van der Waals surface area contributed by atoms with E-state index in [1.165, 1.54) is 46.7 Å². The lowest BCUT2D eigenvalue weighted by molar-refractivity contribution is 0.178. The summed E-state index contributed by atoms with van der Waals surface area (Å²) in [5.74, 6) is 1.08. The van der Waals surface area contributed by atoms with Crippen molar-refractivity contribution in [3.8, 4) is 0 Å². The molecule has 3 aromatic rings. The Morgan fingerprint density at radius 1 is 1.11 bits per heavy atom. The van der Waals surface area contributed by atoms with Gasteiger partial charge >= 0.3 is 0 Å². The number of para-hydroxylation sites is 1. The summed E-state index contributed by atoms with van der Waals surface area (Å²) in [5.41, 5.74) is 2.28. The molecule has 2 aliphatic rings. The maximum absolute atomic E-state index is 6.31. The van der Waals surface area contributed by atoms with Gasteiger partial charge in [0, 0.05) is 27.9 Å². The molecule has 0 bridgehead atoms. The average molecular weight is 410 g/mol. The number of halogens is 1. The highest BCUT2D eigenvalue weighted by molar-refractivity contribution is 7.99. The number of rotatable bonds is 3. The summed E-state index contributed by atoms with van der Waals surface area (Å²) in [5, 5.41) is 1.97. The molecule has 2 aromatic carbocycles. The molecule has 0 spiro atoms. The van der Waals surface area contributed by atoms with Gasteiger partial charge in [-0.05, 0) is 63.2 Å². The zero-order valence-corrected chi connectivity index (χ0v) is 17.6. The first-order chi connectivity index (χ1) is 13.7. The number of likely N-dealkylation sites (tertiary alicyclic amines) is 1. The zero-order chi connectivity index (χ0) is 19.1. The molecule has 0 amide bonds. The third-order valence-electron chi connectivity index (χ3n) is 5.97. The van der Waals surface area contributed by atoms with Crippen molar-refractivity contribution < 1.29 is 0 Å². The Balaban J connectivity index is 1.53. The molecule has 1 aromatic heterocycles. The predicted octanol–water partition coefficient (Wildman–Crippen LogP) is 6.37. The van der Waals surface area contributed by atoms with Crippen LogP contribution in [0.5, 0.6) is 0 Å². The highest BCUT2D eigenvalue weighted by Gasteiger charge is 2.27. The van der Waals surface area contributed by atoms with Gasteiger partial charge in [-0.25, -0.2) is 4.98 Å². The number of hydrogen-bond acceptors (Lipinski definition) is 4. The topological polar surface area (TPSA) is 19.4 Å². The van der Waals surface area contributed by atoms with E-state index in [9.17, 15) is 0 Å². The van der Waals surface area contributed by atoms with Gasteiger partial charge in [0.15, 0.2) is 0 Å². The van der Waals surface area contributed by atoms with Crippen LogP contribution in [0.4, 0.5) is 11.5 Å². The van der Waals surface area contributed by atoms with Crippen LogP contribution in [0.25, 0.3) is 10.9 Å². The van der Waals surface area contributed by atoms with Gasteiger partial charge in [-0.2, -0.15) is 0 Å².